The molecule has 0 amide bonds. The van der Waals surface area contributed by atoms with E-state index >= 15 is 0 Å². The van der Waals surface area contributed by atoms with Gasteiger partial charge in [-0.25, -0.2) is 4.98 Å². The Balaban J connectivity index is 2.15. The van der Waals surface area contributed by atoms with Crippen molar-refractivity contribution in [2.75, 3.05) is 0 Å². The molecule has 1 N–H and O–H groups in total. The first-order chi connectivity index (χ1) is 8.63. The van der Waals surface area contributed by atoms with E-state index in [1.807, 2.05) is 6.07 Å². The van der Waals surface area contributed by atoms with Gasteiger partial charge in [-0.15, -0.1) is 0 Å². The number of benzene rings is 1. The molecule has 1 atom stereocenters. The average molecular weight is 260 g/mol. The second-order valence-electron chi connectivity index (χ2n) is 5.08. The Kier molecular flexibility index (Phi) is 2.72. The third kappa shape index (κ3) is 1.68. The molecule has 18 heavy (non-hydrogen) atoms. The largest absolute Gasteiger partial charge is 0.390 e. The van der Waals surface area contributed by atoms with Crippen LogP contribution < -0.4 is 0 Å². The molecule has 1 unspecified atom stereocenters. The van der Waals surface area contributed by atoms with E-state index < -0.39 is 0 Å². The number of aliphatic hydroxyl groups is 1. The lowest BCUT2D eigenvalue weighted by Crippen LogP contribution is -2.26. The summed E-state index contributed by atoms with van der Waals surface area (Å²) in [5, 5.41) is 10.5. The summed E-state index contributed by atoms with van der Waals surface area (Å²) in [6.45, 7) is 4.49. The fourth-order valence-corrected chi connectivity index (χ4v) is 3.88. The average Bonchev–Trinajstić information content (AvgIpc) is 2.84. The maximum atomic E-state index is 9.46. The molecular weight excluding hydrogens is 244 g/mol. The molecule has 1 aliphatic heterocycles. The zero-order valence-electron chi connectivity index (χ0n) is 10.5. The van der Waals surface area contributed by atoms with Crippen LogP contribution in [0.4, 0.5) is 0 Å². The Morgan fingerprint density at radius 3 is 2.72 bits per heavy atom. The summed E-state index contributed by atoms with van der Waals surface area (Å²) < 4.78 is 2.22. The molecule has 0 spiro atoms. The number of imidazole rings is 1. The molecule has 0 saturated heterocycles. The topological polar surface area (TPSA) is 38.1 Å². The molecule has 94 valence electrons. The highest BCUT2D eigenvalue weighted by molar-refractivity contribution is 8.00. The van der Waals surface area contributed by atoms with Gasteiger partial charge in [0.1, 0.15) is 0 Å². The van der Waals surface area contributed by atoms with Crippen LogP contribution in [-0.2, 0) is 6.61 Å². The second-order valence-corrected chi connectivity index (χ2v) is 6.70. The third-order valence-electron chi connectivity index (χ3n) is 3.39. The van der Waals surface area contributed by atoms with E-state index in [2.05, 4.69) is 47.7 Å². The SMILES string of the molecule is CC1(C)Sc2ncc(CO)n2C1c1ccccc1. The minimum absolute atomic E-state index is 0.0347. The van der Waals surface area contributed by atoms with E-state index in [9.17, 15) is 5.11 Å². The van der Waals surface area contributed by atoms with Gasteiger partial charge >= 0.3 is 0 Å². The molecule has 4 heteroatoms. The van der Waals surface area contributed by atoms with Crippen molar-refractivity contribution in [2.24, 2.45) is 0 Å². The lowest BCUT2D eigenvalue weighted by Gasteiger charge is -2.28. The summed E-state index contributed by atoms with van der Waals surface area (Å²) in [4.78, 5) is 4.40. The van der Waals surface area contributed by atoms with E-state index in [1.165, 1.54) is 5.56 Å². The van der Waals surface area contributed by atoms with Crippen molar-refractivity contribution < 1.29 is 5.11 Å². The van der Waals surface area contributed by atoms with Crippen LogP contribution in [0.3, 0.4) is 0 Å². The second kappa shape index (κ2) is 4.14. The first-order valence-electron chi connectivity index (χ1n) is 6.04. The molecule has 2 aromatic rings. The summed E-state index contributed by atoms with van der Waals surface area (Å²) in [5.41, 5.74) is 2.15. The van der Waals surface area contributed by atoms with Crippen LogP contribution in [-0.4, -0.2) is 19.4 Å². The summed E-state index contributed by atoms with van der Waals surface area (Å²) in [6.07, 6.45) is 1.77. The molecule has 0 saturated carbocycles. The molecule has 1 aromatic carbocycles. The van der Waals surface area contributed by atoms with Gasteiger partial charge in [-0.3, -0.25) is 0 Å². The third-order valence-corrected chi connectivity index (χ3v) is 4.62. The highest BCUT2D eigenvalue weighted by Crippen LogP contribution is 2.51. The van der Waals surface area contributed by atoms with Gasteiger partial charge < -0.3 is 9.67 Å². The fourth-order valence-electron chi connectivity index (χ4n) is 2.63. The van der Waals surface area contributed by atoms with Crippen molar-refractivity contribution in [1.82, 2.24) is 9.55 Å². The standard InChI is InChI=1S/C14H16N2OS/c1-14(2)12(10-6-4-3-5-7-10)16-11(9-17)8-15-13(16)18-14/h3-8,12,17H,9H2,1-2H3. The Labute approximate surface area is 111 Å². The number of thioether (sulfide) groups is 1. The predicted octanol–water partition coefficient (Wildman–Crippen LogP) is 2.85. The fraction of sp³-hybridized carbons (Fsp3) is 0.357. The summed E-state index contributed by atoms with van der Waals surface area (Å²) >= 11 is 1.77. The maximum absolute atomic E-state index is 9.46. The molecule has 3 nitrogen and oxygen atoms in total. The number of aliphatic hydroxyl groups excluding tert-OH is 1. The summed E-state index contributed by atoms with van der Waals surface area (Å²) in [6, 6.07) is 10.7. The molecule has 0 fully saturated rings. The smallest absolute Gasteiger partial charge is 0.169 e. The zero-order chi connectivity index (χ0) is 12.8. The first-order valence-corrected chi connectivity index (χ1v) is 6.86. The van der Waals surface area contributed by atoms with Crippen molar-refractivity contribution >= 4 is 11.8 Å². The van der Waals surface area contributed by atoms with Crippen LogP contribution in [0, 0.1) is 0 Å². The molecule has 0 radical (unpaired) electrons. The molecule has 3 rings (SSSR count). The number of hydrogen-bond acceptors (Lipinski definition) is 3. The van der Waals surface area contributed by atoms with Gasteiger partial charge in [0, 0.05) is 4.75 Å². The number of nitrogens with zero attached hydrogens (tertiary/aromatic N) is 2. The van der Waals surface area contributed by atoms with E-state index in [-0.39, 0.29) is 17.4 Å². The van der Waals surface area contributed by atoms with E-state index in [1.54, 1.807) is 18.0 Å². The molecule has 0 bridgehead atoms. The molecule has 1 aliphatic rings. The van der Waals surface area contributed by atoms with Crippen LogP contribution in [0.2, 0.25) is 0 Å². The van der Waals surface area contributed by atoms with Crippen molar-refractivity contribution in [3.05, 3.63) is 47.8 Å². The van der Waals surface area contributed by atoms with E-state index in [4.69, 9.17) is 0 Å². The highest BCUT2D eigenvalue weighted by Gasteiger charge is 2.42. The Bertz CT molecular complexity index is 562. The Hall–Kier alpha value is -1.26. The van der Waals surface area contributed by atoms with E-state index in [0.717, 1.165) is 10.9 Å². The van der Waals surface area contributed by atoms with Gasteiger partial charge in [0.25, 0.3) is 0 Å². The lowest BCUT2D eigenvalue weighted by molar-refractivity contribution is 0.265. The van der Waals surface area contributed by atoms with Gasteiger partial charge in [-0.05, 0) is 19.4 Å². The monoisotopic (exact) mass is 260 g/mol. The van der Waals surface area contributed by atoms with Crippen LogP contribution in [0.25, 0.3) is 0 Å². The lowest BCUT2D eigenvalue weighted by atomic mass is 9.95. The Morgan fingerprint density at radius 2 is 2.06 bits per heavy atom. The minimum atomic E-state index is 0.0347. The zero-order valence-corrected chi connectivity index (χ0v) is 11.3. The van der Waals surface area contributed by atoms with Crippen LogP contribution in [0.5, 0.6) is 0 Å². The number of rotatable bonds is 2. The van der Waals surface area contributed by atoms with Gasteiger partial charge in [0.2, 0.25) is 0 Å². The normalized spacial score (nSPS) is 20.9. The molecule has 2 heterocycles. The number of aromatic nitrogens is 2. The first kappa shape index (κ1) is 11.8. The van der Waals surface area contributed by atoms with Crippen LogP contribution in [0.1, 0.15) is 31.1 Å². The van der Waals surface area contributed by atoms with Gasteiger partial charge in [-0.2, -0.15) is 0 Å². The molecule has 0 aliphatic carbocycles. The summed E-state index contributed by atoms with van der Waals surface area (Å²) in [5.74, 6) is 0. The molecular formula is C14H16N2OS. The van der Waals surface area contributed by atoms with Gasteiger partial charge in [-0.1, -0.05) is 42.1 Å². The van der Waals surface area contributed by atoms with Crippen molar-refractivity contribution in [2.45, 2.75) is 36.4 Å². The van der Waals surface area contributed by atoms with Crippen molar-refractivity contribution in [3.8, 4) is 0 Å². The maximum Gasteiger partial charge on any atom is 0.169 e. The van der Waals surface area contributed by atoms with Crippen LogP contribution >= 0.6 is 11.8 Å². The predicted molar refractivity (Wildman–Crippen MR) is 72.7 cm³/mol. The molecule has 1 aromatic heterocycles. The number of fused-ring (bicyclic) bond motifs is 1. The van der Waals surface area contributed by atoms with Crippen molar-refractivity contribution in [1.29, 1.82) is 0 Å². The van der Waals surface area contributed by atoms with Crippen molar-refractivity contribution in [3.63, 3.8) is 0 Å². The quantitative estimate of drug-likeness (QED) is 0.902. The summed E-state index contributed by atoms with van der Waals surface area (Å²) in [7, 11) is 0. The highest BCUT2D eigenvalue weighted by atomic mass is 32.2. The van der Waals surface area contributed by atoms with Gasteiger partial charge in [0.05, 0.1) is 24.5 Å². The van der Waals surface area contributed by atoms with E-state index in [0.29, 0.717) is 0 Å². The minimum Gasteiger partial charge on any atom is -0.390 e. The number of hydrogen-bond donors (Lipinski definition) is 1. The Morgan fingerprint density at radius 1 is 1.33 bits per heavy atom. The van der Waals surface area contributed by atoms with Gasteiger partial charge in [0.15, 0.2) is 5.16 Å². The van der Waals surface area contributed by atoms with Crippen LogP contribution in [0.15, 0.2) is 41.7 Å².